The van der Waals surface area contributed by atoms with Crippen LogP contribution < -0.4 is 10.6 Å². The first kappa shape index (κ1) is 15.5. The maximum atomic E-state index is 12.0. The van der Waals surface area contributed by atoms with Gasteiger partial charge in [-0.25, -0.2) is 0 Å². The Labute approximate surface area is 112 Å². The van der Waals surface area contributed by atoms with Crippen molar-refractivity contribution in [2.24, 2.45) is 17.8 Å². The Kier molecular flexibility index (Phi) is 7.33. The van der Waals surface area contributed by atoms with Gasteiger partial charge in [0, 0.05) is 19.0 Å². The van der Waals surface area contributed by atoms with E-state index in [1.807, 2.05) is 0 Å². The molecule has 0 saturated heterocycles. The van der Waals surface area contributed by atoms with E-state index in [4.69, 9.17) is 0 Å². The Balaban J connectivity index is 2.15. The van der Waals surface area contributed by atoms with Gasteiger partial charge in [0.25, 0.3) is 0 Å². The fraction of sp³-hybridized carbons (Fsp3) is 0.933. The molecule has 18 heavy (non-hydrogen) atoms. The molecule has 1 aliphatic rings. The van der Waals surface area contributed by atoms with Crippen LogP contribution >= 0.6 is 0 Å². The molecule has 0 bridgehead atoms. The summed E-state index contributed by atoms with van der Waals surface area (Å²) in [5.41, 5.74) is 0. The van der Waals surface area contributed by atoms with Crippen molar-refractivity contribution < 1.29 is 4.79 Å². The van der Waals surface area contributed by atoms with Crippen LogP contribution in [0.2, 0.25) is 0 Å². The summed E-state index contributed by atoms with van der Waals surface area (Å²) in [4.78, 5) is 12.0. The minimum Gasteiger partial charge on any atom is -0.355 e. The molecular formula is C15H30N2O. The lowest BCUT2D eigenvalue weighted by atomic mass is 9.78. The van der Waals surface area contributed by atoms with Gasteiger partial charge in [-0.3, -0.25) is 4.79 Å². The van der Waals surface area contributed by atoms with Gasteiger partial charge in [-0.05, 0) is 50.5 Å². The van der Waals surface area contributed by atoms with Crippen LogP contribution in [0.1, 0.15) is 52.9 Å². The second kappa shape index (κ2) is 8.52. The summed E-state index contributed by atoms with van der Waals surface area (Å²) in [7, 11) is 0. The summed E-state index contributed by atoms with van der Waals surface area (Å²) >= 11 is 0. The van der Waals surface area contributed by atoms with Gasteiger partial charge in [0.1, 0.15) is 0 Å². The summed E-state index contributed by atoms with van der Waals surface area (Å²) in [5, 5.41) is 6.26. The molecule has 0 radical (unpaired) electrons. The summed E-state index contributed by atoms with van der Waals surface area (Å²) in [5.74, 6) is 2.20. The van der Waals surface area contributed by atoms with Gasteiger partial charge in [-0.1, -0.05) is 20.8 Å². The van der Waals surface area contributed by atoms with E-state index in [0.717, 1.165) is 44.3 Å². The molecule has 0 unspecified atom stereocenters. The number of carbonyl (C=O) groups excluding carboxylic acids is 1. The number of nitrogens with one attached hydrogen (secondary N) is 2. The second-order valence-electron chi connectivity index (χ2n) is 5.99. The lowest BCUT2D eigenvalue weighted by Crippen LogP contribution is -2.37. The maximum absolute atomic E-state index is 12.0. The predicted octanol–water partition coefficient (Wildman–Crippen LogP) is 2.56. The van der Waals surface area contributed by atoms with Gasteiger partial charge >= 0.3 is 0 Å². The Hall–Kier alpha value is -0.570. The zero-order chi connectivity index (χ0) is 13.4. The number of carbonyl (C=O) groups is 1. The van der Waals surface area contributed by atoms with Gasteiger partial charge in [0.15, 0.2) is 0 Å². The molecule has 1 rings (SSSR count). The van der Waals surface area contributed by atoms with Crippen LogP contribution in [0.5, 0.6) is 0 Å². The topological polar surface area (TPSA) is 41.1 Å². The van der Waals surface area contributed by atoms with Crippen LogP contribution in [-0.4, -0.2) is 25.5 Å². The zero-order valence-corrected chi connectivity index (χ0v) is 12.3. The molecule has 3 nitrogen and oxygen atoms in total. The van der Waals surface area contributed by atoms with Crippen molar-refractivity contribution in [1.29, 1.82) is 0 Å². The maximum Gasteiger partial charge on any atom is 0.223 e. The standard InChI is InChI=1S/C15H30N2O/c1-4-16-9-10-17-15(18)14-7-5-13(6-8-14)11-12(2)3/h12-14,16H,4-11H2,1-3H3,(H,17,18). The third-order valence-corrected chi connectivity index (χ3v) is 3.87. The third kappa shape index (κ3) is 5.85. The van der Waals surface area contributed by atoms with E-state index in [1.54, 1.807) is 0 Å². The van der Waals surface area contributed by atoms with Crippen LogP contribution in [-0.2, 0) is 4.79 Å². The highest BCUT2D eigenvalue weighted by atomic mass is 16.1. The third-order valence-electron chi connectivity index (χ3n) is 3.87. The molecule has 0 aromatic carbocycles. The van der Waals surface area contributed by atoms with Crippen molar-refractivity contribution in [1.82, 2.24) is 10.6 Å². The van der Waals surface area contributed by atoms with E-state index in [1.165, 1.54) is 19.3 Å². The van der Waals surface area contributed by atoms with Gasteiger partial charge in [0.2, 0.25) is 5.91 Å². The van der Waals surface area contributed by atoms with Crippen molar-refractivity contribution in [3.05, 3.63) is 0 Å². The highest BCUT2D eigenvalue weighted by Crippen LogP contribution is 2.32. The van der Waals surface area contributed by atoms with E-state index in [-0.39, 0.29) is 11.8 Å². The van der Waals surface area contributed by atoms with Crippen molar-refractivity contribution in [3.63, 3.8) is 0 Å². The quantitative estimate of drug-likeness (QED) is 0.686. The highest BCUT2D eigenvalue weighted by molar-refractivity contribution is 5.78. The van der Waals surface area contributed by atoms with Crippen LogP contribution in [0.15, 0.2) is 0 Å². The molecule has 0 aromatic heterocycles. The largest absolute Gasteiger partial charge is 0.355 e. The van der Waals surface area contributed by atoms with Crippen molar-refractivity contribution in [2.45, 2.75) is 52.9 Å². The van der Waals surface area contributed by atoms with E-state index in [2.05, 4.69) is 31.4 Å². The fourth-order valence-corrected chi connectivity index (χ4v) is 2.92. The van der Waals surface area contributed by atoms with Crippen molar-refractivity contribution in [3.8, 4) is 0 Å². The molecule has 3 heteroatoms. The Morgan fingerprint density at radius 1 is 1.17 bits per heavy atom. The summed E-state index contributed by atoms with van der Waals surface area (Å²) < 4.78 is 0. The lowest BCUT2D eigenvalue weighted by molar-refractivity contribution is -0.126. The number of hydrogen-bond acceptors (Lipinski definition) is 2. The molecule has 1 fully saturated rings. The normalized spacial score (nSPS) is 24.2. The summed E-state index contributed by atoms with van der Waals surface area (Å²) in [6.45, 7) is 9.27. The average molecular weight is 254 g/mol. The molecule has 1 aliphatic carbocycles. The van der Waals surface area contributed by atoms with Crippen molar-refractivity contribution in [2.75, 3.05) is 19.6 Å². The Bertz CT molecular complexity index is 233. The summed E-state index contributed by atoms with van der Waals surface area (Å²) in [6.07, 6.45) is 5.98. The zero-order valence-electron chi connectivity index (χ0n) is 12.3. The minimum atomic E-state index is 0.273. The fourth-order valence-electron chi connectivity index (χ4n) is 2.92. The smallest absolute Gasteiger partial charge is 0.223 e. The second-order valence-corrected chi connectivity index (χ2v) is 5.99. The lowest BCUT2D eigenvalue weighted by Gasteiger charge is -2.28. The van der Waals surface area contributed by atoms with E-state index >= 15 is 0 Å². The molecular weight excluding hydrogens is 224 g/mol. The number of amides is 1. The van der Waals surface area contributed by atoms with Gasteiger partial charge < -0.3 is 10.6 Å². The molecule has 1 saturated carbocycles. The average Bonchev–Trinajstić information content (AvgIpc) is 2.34. The first-order chi connectivity index (χ1) is 8.63. The Morgan fingerprint density at radius 3 is 2.39 bits per heavy atom. The number of likely N-dealkylation sites (N-methyl/N-ethyl adjacent to an activating group) is 1. The molecule has 106 valence electrons. The predicted molar refractivity (Wildman–Crippen MR) is 76.5 cm³/mol. The SMILES string of the molecule is CCNCCNC(=O)C1CCC(CC(C)C)CC1. The van der Waals surface area contributed by atoms with Crippen LogP contribution in [0.25, 0.3) is 0 Å². The Morgan fingerprint density at radius 2 is 1.83 bits per heavy atom. The van der Waals surface area contributed by atoms with E-state index in [9.17, 15) is 4.79 Å². The minimum absolute atomic E-state index is 0.273. The summed E-state index contributed by atoms with van der Waals surface area (Å²) in [6, 6.07) is 0. The molecule has 0 aromatic rings. The van der Waals surface area contributed by atoms with Crippen molar-refractivity contribution >= 4 is 5.91 Å². The van der Waals surface area contributed by atoms with Crippen LogP contribution in [0.4, 0.5) is 0 Å². The molecule has 0 spiro atoms. The number of hydrogen-bond donors (Lipinski definition) is 2. The first-order valence-electron chi connectivity index (χ1n) is 7.61. The molecule has 0 heterocycles. The number of rotatable bonds is 7. The molecule has 1 amide bonds. The first-order valence-corrected chi connectivity index (χ1v) is 7.61. The van der Waals surface area contributed by atoms with Gasteiger partial charge in [-0.2, -0.15) is 0 Å². The van der Waals surface area contributed by atoms with E-state index in [0.29, 0.717) is 0 Å². The van der Waals surface area contributed by atoms with E-state index < -0.39 is 0 Å². The van der Waals surface area contributed by atoms with Crippen LogP contribution in [0.3, 0.4) is 0 Å². The molecule has 0 atom stereocenters. The van der Waals surface area contributed by atoms with Gasteiger partial charge in [-0.15, -0.1) is 0 Å². The highest BCUT2D eigenvalue weighted by Gasteiger charge is 2.26. The molecule has 2 N–H and O–H groups in total. The molecule has 0 aliphatic heterocycles. The van der Waals surface area contributed by atoms with Gasteiger partial charge in [0.05, 0.1) is 0 Å². The monoisotopic (exact) mass is 254 g/mol. The van der Waals surface area contributed by atoms with Crippen LogP contribution in [0, 0.1) is 17.8 Å².